The van der Waals surface area contributed by atoms with Gasteiger partial charge in [-0.15, -0.1) is 0 Å². The van der Waals surface area contributed by atoms with Crippen LogP contribution < -0.4 is 5.48 Å². The standard InChI is InChI=1S/C9H14N2O3/c1-2-8(12)10-14-9(13)11-6-4-3-5-7-11/h2H,1,3-7H2,(H,10,12). The van der Waals surface area contributed by atoms with Crippen LogP contribution in [0, 0.1) is 0 Å². The van der Waals surface area contributed by atoms with Crippen molar-refractivity contribution in [3.63, 3.8) is 0 Å². The van der Waals surface area contributed by atoms with Crippen LogP contribution in [0.5, 0.6) is 0 Å². The van der Waals surface area contributed by atoms with Crippen LogP contribution in [0.2, 0.25) is 0 Å². The van der Waals surface area contributed by atoms with E-state index in [1.54, 1.807) is 4.90 Å². The number of carbonyl (C=O) groups excluding carboxylic acids is 2. The number of hydroxylamine groups is 1. The molecule has 1 aliphatic rings. The van der Waals surface area contributed by atoms with Crippen molar-refractivity contribution < 1.29 is 14.4 Å². The van der Waals surface area contributed by atoms with Gasteiger partial charge in [0, 0.05) is 13.1 Å². The second-order valence-electron chi connectivity index (χ2n) is 3.09. The van der Waals surface area contributed by atoms with Crippen LogP contribution in [0.4, 0.5) is 4.79 Å². The molecule has 1 aliphatic heterocycles. The smallest absolute Gasteiger partial charge is 0.321 e. The molecule has 0 saturated carbocycles. The average molecular weight is 198 g/mol. The van der Waals surface area contributed by atoms with E-state index in [-0.39, 0.29) is 0 Å². The average Bonchev–Trinajstić information content (AvgIpc) is 2.26. The van der Waals surface area contributed by atoms with E-state index >= 15 is 0 Å². The Morgan fingerprint density at radius 2 is 1.93 bits per heavy atom. The third-order valence-electron chi connectivity index (χ3n) is 2.04. The summed E-state index contributed by atoms with van der Waals surface area (Å²) in [6.45, 7) is 4.63. The van der Waals surface area contributed by atoms with Crippen LogP contribution >= 0.6 is 0 Å². The molecule has 0 radical (unpaired) electrons. The maximum atomic E-state index is 11.3. The Labute approximate surface area is 82.7 Å². The van der Waals surface area contributed by atoms with Crippen LogP contribution in [-0.4, -0.2) is 30.0 Å². The summed E-state index contributed by atoms with van der Waals surface area (Å²) in [4.78, 5) is 28.1. The lowest BCUT2D eigenvalue weighted by molar-refractivity contribution is -0.125. The predicted molar refractivity (Wildman–Crippen MR) is 50.2 cm³/mol. The third kappa shape index (κ3) is 3.08. The van der Waals surface area contributed by atoms with Crippen LogP contribution in [-0.2, 0) is 9.63 Å². The van der Waals surface area contributed by atoms with Gasteiger partial charge in [-0.1, -0.05) is 6.58 Å². The minimum absolute atomic E-state index is 0.500. The van der Waals surface area contributed by atoms with E-state index in [4.69, 9.17) is 0 Å². The number of hydrogen-bond donors (Lipinski definition) is 1. The maximum Gasteiger partial charge on any atom is 0.434 e. The lowest BCUT2D eigenvalue weighted by Crippen LogP contribution is -2.39. The van der Waals surface area contributed by atoms with Crippen LogP contribution in [0.1, 0.15) is 19.3 Å². The Kier molecular flexibility index (Phi) is 3.97. The zero-order chi connectivity index (χ0) is 10.4. The highest BCUT2D eigenvalue weighted by Gasteiger charge is 2.18. The second-order valence-corrected chi connectivity index (χ2v) is 3.09. The van der Waals surface area contributed by atoms with Crippen molar-refractivity contribution in [1.29, 1.82) is 0 Å². The Hall–Kier alpha value is -1.52. The third-order valence-corrected chi connectivity index (χ3v) is 2.04. The molecule has 0 aromatic heterocycles. The van der Waals surface area contributed by atoms with Crippen LogP contribution in [0.25, 0.3) is 0 Å². The summed E-state index contributed by atoms with van der Waals surface area (Å²) in [5.41, 5.74) is 1.98. The maximum absolute atomic E-state index is 11.3. The first-order chi connectivity index (χ1) is 6.74. The largest absolute Gasteiger partial charge is 0.434 e. The van der Waals surface area contributed by atoms with Gasteiger partial charge < -0.3 is 9.74 Å². The lowest BCUT2D eigenvalue weighted by atomic mass is 10.1. The molecule has 0 unspecified atom stereocenters. The van der Waals surface area contributed by atoms with Crippen molar-refractivity contribution in [2.45, 2.75) is 19.3 Å². The van der Waals surface area contributed by atoms with E-state index < -0.39 is 12.0 Å². The molecule has 2 amide bonds. The minimum Gasteiger partial charge on any atom is -0.321 e. The molecule has 5 heteroatoms. The first-order valence-corrected chi connectivity index (χ1v) is 4.62. The summed E-state index contributed by atoms with van der Waals surface area (Å²) in [5.74, 6) is -0.518. The number of amides is 2. The molecule has 1 fully saturated rings. The number of piperidine rings is 1. The highest BCUT2D eigenvalue weighted by molar-refractivity contribution is 5.86. The zero-order valence-corrected chi connectivity index (χ0v) is 7.99. The molecule has 0 atom stereocenters. The molecule has 0 aliphatic carbocycles. The molecule has 0 spiro atoms. The molecule has 78 valence electrons. The first-order valence-electron chi connectivity index (χ1n) is 4.62. The van der Waals surface area contributed by atoms with Crippen molar-refractivity contribution in [1.82, 2.24) is 10.4 Å². The number of rotatable bonds is 1. The molecule has 0 aromatic rings. The van der Waals surface area contributed by atoms with Crippen molar-refractivity contribution >= 4 is 12.0 Å². The van der Waals surface area contributed by atoms with Gasteiger partial charge in [0.15, 0.2) is 0 Å². The summed E-state index contributed by atoms with van der Waals surface area (Å²) in [7, 11) is 0. The van der Waals surface area contributed by atoms with Crippen LogP contribution in [0.15, 0.2) is 12.7 Å². The fourth-order valence-electron chi connectivity index (χ4n) is 1.28. The van der Waals surface area contributed by atoms with Gasteiger partial charge in [0.25, 0.3) is 5.91 Å². The number of nitrogens with one attached hydrogen (secondary N) is 1. The van der Waals surface area contributed by atoms with E-state index in [1.807, 2.05) is 5.48 Å². The summed E-state index contributed by atoms with van der Waals surface area (Å²) in [6, 6.07) is 0. The molecule has 0 bridgehead atoms. The molecular formula is C9H14N2O3. The van der Waals surface area contributed by atoms with E-state index in [2.05, 4.69) is 11.4 Å². The first kappa shape index (κ1) is 10.6. The molecule has 1 N–H and O–H groups in total. The quantitative estimate of drug-likeness (QED) is 0.501. The summed E-state index contributed by atoms with van der Waals surface area (Å²) >= 11 is 0. The SMILES string of the molecule is C=CC(=O)NOC(=O)N1CCCCC1. The molecule has 0 aromatic carbocycles. The van der Waals surface area contributed by atoms with Gasteiger partial charge in [-0.2, -0.15) is 5.48 Å². The lowest BCUT2D eigenvalue weighted by Gasteiger charge is -2.25. The minimum atomic E-state index is -0.518. The highest BCUT2D eigenvalue weighted by Crippen LogP contribution is 2.08. The molecule has 14 heavy (non-hydrogen) atoms. The van der Waals surface area contributed by atoms with Crippen molar-refractivity contribution in [3.8, 4) is 0 Å². The van der Waals surface area contributed by atoms with Gasteiger partial charge in [-0.3, -0.25) is 4.79 Å². The van der Waals surface area contributed by atoms with Gasteiger partial charge in [-0.25, -0.2) is 4.79 Å². The Balaban J connectivity index is 2.26. The molecule has 5 nitrogen and oxygen atoms in total. The van der Waals surface area contributed by atoms with Gasteiger partial charge in [-0.05, 0) is 25.3 Å². The van der Waals surface area contributed by atoms with E-state index in [0.29, 0.717) is 13.1 Å². The van der Waals surface area contributed by atoms with Crippen molar-refractivity contribution in [2.75, 3.05) is 13.1 Å². The monoisotopic (exact) mass is 198 g/mol. The van der Waals surface area contributed by atoms with E-state index in [1.165, 1.54) is 0 Å². The summed E-state index contributed by atoms with van der Waals surface area (Å²) in [6.07, 6.45) is 3.67. The number of likely N-dealkylation sites (tertiary alicyclic amines) is 1. The predicted octanol–water partition coefficient (Wildman–Crippen LogP) is 0.826. The number of nitrogens with zero attached hydrogens (tertiary/aromatic N) is 1. The Morgan fingerprint density at radius 3 is 2.50 bits per heavy atom. The fraction of sp³-hybridized carbons (Fsp3) is 0.556. The summed E-state index contributed by atoms with van der Waals surface area (Å²) in [5, 5.41) is 0. The summed E-state index contributed by atoms with van der Waals surface area (Å²) < 4.78 is 0. The Bertz CT molecular complexity index is 234. The fourth-order valence-corrected chi connectivity index (χ4v) is 1.28. The van der Waals surface area contributed by atoms with Gasteiger partial charge in [0.05, 0.1) is 0 Å². The molecule has 1 saturated heterocycles. The normalized spacial score (nSPS) is 15.9. The van der Waals surface area contributed by atoms with E-state index in [9.17, 15) is 9.59 Å². The second kappa shape index (κ2) is 5.26. The van der Waals surface area contributed by atoms with Gasteiger partial charge in [0.2, 0.25) is 0 Å². The molecule has 1 rings (SSSR count). The highest BCUT2D eigenvalue weighted by atomic mass is 16.7. The van der Waals surface area contributed by atoms with Gasteiger partial charge >= 0.3 is 6.09 Å². The Morgan fingerprint density at radius 1 is 1.29 bits per heavy atom. The van der Waals surface area contributed by atoms with Crippen LogP contribution in [0.3, 0.4) is 0 Å². The van der Waals surface area contributed by atoms with Gasteiger partial charge in [0.1, 0.15) is 0 Å². The topological polar surface area (TPSA) is 58.6 Å². The molecular weight excluding hydrogens is 184 g/mol. The van der Waals surface area contributed by atoms with Crippen molar-refractivity contribution in [3.05, 3.63) is 12.7 Å². The van der Waals surface area contributed by atoms with Crippen molar-refractivity contribution in [2.24, 2.45) is 0 Å². The van der Waals surface area contributed by atoms with E-state index in [0.717, 1.165) is 25.3 Å². The zero-order valence-electron chi connectivity index (χ0n) is 7.99. The number of carbonyl (C=O) groups is 2. The number of hydrogen-bond acceptors (Lipinski definition) is 3. The molecule has 1 heterocycles.